The van der Waals surface area contributed by atoms with E-state index in [2.05, 4.69) is 10.6 Å². The van der Waals surface area contributed by atoms with Gasteiger partial charge in [0.2, 0.25) is 0 Å². The molecule has 202 valence electrons. The van der Waals surface area contributed by atoms with Gasteiger partial charge in [0.25, 0.3) is 5.91 Å². The van der Waals surface area contributed by atoms with Crippen LogP contribution >= 0.6 is 0 Å². The first-order valence-electron chi connectivity index (χ1n) is 11.3. The molecule has 0 radical (unpaired) electrons. The molecule has 1 saturated heterocycles. The second-order valence-corrected chi connectivity index (χ2v) is 9.43. The summed E-state index contributed by atoms with van der Waals surface area (Å²) in [5, 5.41) is 4.93. The van der Waals surface area contributed by atoms with Crippen LogP contribution in [-0.4, -0.2) is 24.1 Å². The summed E-state index contributed by atoms with van der Waals surface area (Å²) in [5.41, 5.74) is -3.86. The van der Waals surface area contributed by atoms with Crippen LogP contribution in [0.25, 0.3) is 0 Å². The molecular weight excluding hydrogens is 502 g/mol. The predicted octanol–water partition coefficient (Wildman–Crippen LogP) is 6.53. The number of imide groups is 1. The molecule has 2 aromatic carbocycles. The lowest BCUT2D eigenvalue weighted by Gasteiger charge is -2.44. The third-order valence-corrected chi connectivity index (χ3v) is 7.15. The second-order valence-electron chi connectivity index (χ2n) is 9.43. The Morgan fingerprint density at radius 3 is 1.89 bits per heavy atom. The Bertz CT molecular complexity index is 1110. The Labute approximate surface area is 210 Å². The zero-order chi connectivity index (χ0) is 26.4. The van der Waals surface area contributed by atoms with E-state index < -0.39 is 52.5 Å². The summed E-state index contributed by atoms with van der Waals surface area (Å²) in [4.78, 5) is 24.1. The van der Waals surface area contributed by atoms with Crippen molar-refractivity contribution < 1.29 is 40.7 Å². The standard InChI is InChI=1S/C25H24F6N2O3.CH4/c1-15(16-11-18(24(26,27)28)13-19(12-16)25(29,30)31)36-14-22(17-5-3-2-4-6-17)7-9-23(10-8-22)20(34)32-21(35)33-23;/h2-6,11-13,15H,7-10,14H2,1H3,(H2,32,33,34,35);1H4/t15-,22?,23?;/m1./s1. The van der Waals surface area contributed by atoms with Crippen LogP contribution in [0, 0.1) is 0 Å². The number of hydrogen-bond acceptors (Lipinski definition) is 3. The van der Waals surface area contributed by atoms with Crippen LogP contribution < -0.4 is 10.6 Å². The van der Waals surface area contributed by atoms with Crippen LogP contribution in [0.15, 0.2) is 48.5 Å². The number of rotatable bonds is 5. The maximum absolute atomic E-state index is 13.3. The minimum atomic E-state index is -4.95. The summed E-state index contributed by atoms with van der Waals surface area (Å²) in [6.07, 6.45) is -9.55. The molecule has 37 heavy (non-hydrogen) atoms. The zero-order valence-electron chi connectivity index (χ0n) is 19.2. The lowest BCUT2D eigenvalue weighted by Crippen LogP contribution is -2.53. The van der Waals surface area contributed by atoms with Gasteiger partial charge in [0.05, 0.1) is 23.8 Å². The maximum Gasteiger partial charge on any atom is 0.416 e. The number of carbonyl (C=O) groups excluding carboxylic acids is 2. The first-order valence-corrected chi connectivity index (χ1v) is 11.3. The molecule has 5 nitrogen and oxygen atoms in total. The first-order chi connectivity index (χ1) is 16.7. The van der Waals surface area contributed by atoms with Gasteiger partial charge in [-0.1, -0.05) is 37.8 Å². The number of hydrogen-bond donors (Lipinski definition) is 2. The molecule has 0 aromatic heterocycles. The summed E-state index contributed by atoms with van der Waals surface area (Å²) >= 11 is 0. The van der Waals surface area contributed by atoms with Crippen molar-refractivity contribution in [1.29, 1.82) is 0 Å². The third kappa shape index (κ3) is 5.76. The molecule has 2 fully saturated rings. The van der Waals surface area contributed by atoms with E-state index in [0.29, 0.717) is 37.8 Å². The van der Waals surface area contributed by atoms with Crippen LogP contribution in [0.2, 0.25) is 0 Å². The molecule has 0 unspecified atom stereocenters. The smallest absolute Gasteiger partial charge is 0.373 e. The molecule has 4 rings (SSSR count). The van der Waals surface area contributed by atoms with Crippen molar-refractivity contribution in [2.45, 2.75) is 69.4 Å². The second kappa shape index (κ2) is 10.00. The van der Waals surface area contributed by atoms with Crippen molar-refractivity contribution in [2.75, 3.05) is 6.61 Å². The molecule has 11 heteroatoms. The van der Waals surface area contributed by atoms with Gasteiger partial charge in [-0.3, -0.25) is 10.1 Å². The fraction of sp³-hybridized carbons (Fsp3) is 0.462. The van der Waals surface area contributed by atoms with Crippen LogP contribution in [-0.2, 0) is 27.3 Å². The van der Waals surface area contributed by atoms with Gasteiger partial charge in [0.1, 0.15) is 5.54 Å². The lowest BCUT2D eigenvalue weighted by atomic mass is 9.64. The summed E-state index contributed by atoms with van der Waals surface area (Å²) in [7, 11) is 0. The van der Waals surface area contributed by atoms with E-state index >= 15 is 0 Å². The highest BCUT2D eigenvalue weighted by Gasteiger charge is 2.52. The van der Waals surface area contributed by atoms with Crippen molar-refractivity contribution in [3.05, 3.63) is 70.8 Å². The van der Waals surface area contributed by atoms with Gasteiger partial charge in [-0.2, -0.15) is 26.3 Å². The van der Waals surface area contributed by atoms with Crippen LogP contribution in [0.5, 0.6) is 0 Å². The minimum absolute atomic E-state index is 0. The molecule has 1 heterocycles. The topological polar surface area (TPSA) is 67.4 Å². The van der Waals surface area contributed by atoms with Crippen LogP contribution in [0.1, 0.15) is 68.4 Å². The van der Waals surface area contributed by atoms with Crippen molar-refractivity contribution in [2.24, 2.45) is 0 Å². The zero-order valence-corrected chi connectivity index (χ0v) is 19.2. The Balaban J connectivity index is 0.00000380. The number of alkyl halides is 6. The van der Waals surface area contributed by atoms with Gasteiger partial charge < -0.3 is 10.1 Å². The molecule has 1 aliphatic heterocycles. The Morgan fingerprint density at radius 2 is 1.43 bits per heavy atom. The minimum Gasteiger partial charge on any atom is -0.373 e. The molecule has 3 amide bonds. The average Bonchev–Trinajstić information content (AvgIpc) is 3.10. The predicted molar refractivity (Wildman–Crippen MR) is 124 cm³/mol. The highest BCUT2D eigenvalue weighted by atomic mass is 19.4. The van der Waals surface area contributed by atoms with E-state index in [-0.39, 0.29) is 25.7 Å². The van der Waals surface area contributed by atoms with E-state index in [1.54, 1.807) is 0 Å². The average molecular weight is 531 g/mol. The molecular formula is C26H28F6N2O3. The monoisotopic (exact) mass is 530 g/mol. The third-order valence-electron chi connectivity index (χ3n) is 7.15. The van der Waals surface area contributed by atoms with Crippen LogP contribution in [0.4, 0.5) is 31.1 Å². The van der Waals surface area contributed by atoms with E-state index in [1.807, 2.05) is 30.3 Å². The maximum atomic E-state index is 13.3. The van der Waals surface area contributed by atoms with E-state index in [9.17, 15) is 35.9 Å². The number of amides is 3. The largest absolute Gasteiger partial charge is 0.416 e. The van der Waals surface area contributed by atoms with Gasteiger partial charge in [0.15, 0.2) is 0 Å². The quantitative estimate of drug-likeness (QED) is 0.341. The Hall–Kier alpha value is -3.08. The highest BCUT2D eigenvalue weighted by Crippen LogP contribution is 2.45. The lowest BCUT2D eigenvalue weighted by molar-refractivity contribution is -0.143. The summed E-state index contributed by atoms with van der Waals surface area (Å²) in [6, 6.07) is 10.0. The summed E-state index contributed by atoms with van der Waals surface area (Å²) in [5.74, 6) is -0.410. The van der Waals surface area contributed by atoms with Gasteiger partial charge in [-0.05, 0) is 61.9 Å². The van der Waals surface area contributed by atoms with E-state index in [0.717, 1.165) is 5.56 Å². The van der Waals surface area contributed by atoms with Gasteiger partial charge in [0, 0.05) is 5.41 Å². The van der Waals surface area contributed by atoms with Gasteiger partial charge in [-0.25, -0.2) is 4.79 Å². The summed E-state index contributed by atoms with van der Waals surface area (Å²) < 4.78 is 85.7. The van der Waals surface area contributed by atoms with E-state index in [1.165, 1.54) is 6.92 Å². The number of urea groups is 1. The normalized spacial score (nSPS) is 24.8. The van der Waals surface area contributed by atoms with Crippen molar-refractivity contribution >= 4 is 11.9 Å². The molecule has 2 aromatic rings. The molecule has 1 saturated carbocycles. The fourth-order valence-corrected chi connectivity index (χ4v) is 4.94. The molecule has 2 N–H and O–H groups in total. The van der Waals surface area contributed by atoms with E-state index in [4.69, 9.17) is 4.74 Å². The summed E-state index contributed by atoms with van der Waals surface area (Å²) in [6.45, 7) is 1.41. The van der Waals surface area contributed by atoms with Crippen molar-refractivity contribution in [3.8, 4) is 0 Å². The Morgan fingerprint density at radius 1 is 0.892 bits per heavy atom. The highest BCUT2D eigenvalue weighted by molar-refractivity contribution is 6.07. The SMILES string of the molecule is C.C[C@@H](OCC1(c2ccccc2)CCC2(CC1)NC(=O)NC2=O)c1cc(C(F)(F)F)cc(C(F)(F)F)c1. The molecule has 1 atom stereocenters. The van der Waals surface area contributed by atoms with Gasteiger partial charge in [-0.15, -0.1) is 0 Å². The van der Waals surface area contributed by atoms with Gasteiger partial charge >= 0.3 is 18.4 Å². The Kier molecular flexibility index (Phi) is 7.70. The first kappa shape index (κ1) is 28.5. The molecule has 1 aliphatic carbocycles. The molecule has 1 spiro atoms. The number of benzene rings is 2. The number of carbonyl (C=O) groups is 2. The number of ether oxygens (including phenoxy) is 1. The van der Waals surface area contributed by atoms with Crippen LogP contribution in [0.3, 0.4) is 0 Å². The fourth-order valence-electron chi connectivity index (χ4n) is 4.94. The molecule has 0 bridgehead atoms. The number of halogens is 6. The number of nitrogens with one attached hydrogen (secondary N) is 2. The molecule has 2 aliphatic rings. The van der Waals surface area contributed by atoms with Crippen molar-refractivity contribution in [1.82, 2.24) is 10.6 Å². The van der Waals surface area contributed by atoms with Crippen molar-refractivity contribution in [3.63, 3.8) is 0 Å².